The van der Waals surface area contributed by atoms with Gasteiger partial charge in [0.25, 0.3) is 0 Å². The summed E-state index contributed by atoms with van der Waals surface area (Å²) in [7, 11) is 0. The smallest absolute Gasteiger partial charge is 0.221 e. The molecule has 3 fully saturated rings. The fraction of sp³-hybridized carbons (Fsp3) is 0.714. The van der Waals surface area contributed by atoms with Gasteiger partial charge in [0.2, 0.25) is 5.91 Å². The van der Waals surface area contributed by atoms with Gasteiger partial charge in [0.1, 0.15) is 0 Å². The summed E-state index contributed by atoms with van der Waals surface area (Å²) in [6.45, 7) is 10.6. The van der Waals surface area contributed by atoms with Crippen molar-refractivity contribution in [1.29, 1.82) is 0 Å². The van der Waals surface area contributed by atoms with Crippen molar-refractivity contribution in [2.75, 3.05) is 26.2 Å². The molecular formula is C21H32N4O2. The summed E-state index contributed by atoms with van der Waals surface area (Å²) in [6.07, 6.45) is 7.46. The molecule has 148 valence electrons. The summed E-state index contributed by atoms with van der Waals surface area (Å²) in [5.74, 6) is 1.12. The van der Waals surface area contributed by atoms with Gasteiger partial charge in [-0.15, -0.1) is 0 Å². The van der Waals surface area contributed by atoms with E-state index in [-0.39, 0.29) is 11.5 Å². The Morgan fingerprint density at radius 1 is 1.48 bits per heavy atom. The van der Waals surface area contributed by atoms with Gasteiger partial charge < -0.3 is 10.1 Å². The lowest BCUT2D eigenvalue weighted by Gasteiger charge is -2.29. The molecule has 4 atom stereocenters. The van der Waals surface area contributed by atoms with Crippen molar-refractivity contribution in [2.24, 2.45) is 11.8 Å². The summed E-state index contributed by atoms with van der Waals surface area (Å²) in [6, 6.07) is 2.05. The number of aromatic nitrogens is 2. The number of fused-ring (bicyclic) bond motifs is 1. The Kier molecular flexibility index (Phi) is 5.12. The summed E-state index contributed by atoms with van der Waals surface area (Å²) < 4.78 is 8.37. The van der Waals surface area contributed by atoms with E-state index in [0.717, 1.165) is 44.0 Å². The maximum atomic E-state index is 12.4. The molecule has 1 amide bonds. The molecule has 27 heavy (non-hydrogen) atoms. The van der Waals surface area contributed by atoms with Crippen LogP contribution in [0.4, 0.5) is 0 Å². The van der Waals surface area contributed by atoms with E-state index in [1.807, 2.05) is 24.6 Å². The van der Waals surface area contributed by atoms with Gasteiger partial charge in [-0.3, -0.25) is 14.4 Å². The first-order valence-corrected chi connectivity index (χ1v) is 10.3. The van der Waals surface area contributed by atoms with Crippen LogP contribution in [0.25, 0.3) is 0 Å². The Balaban J connectivity index is 1.29. The highest BCUT2D eigenvalue weighted by atomic mass is 16.5. The highest BCUT2D eigenvalue weighted by Crippen LogP contribution is 2.54. The van der Waals surface area contributed by atoms with Gasteiger partial charge in [-0.1, -0.05) is 12.2 Å². The number of nitrogens with one attached hydrogen (secondary N) is 1. The van der Waals surface area contributed by atoms with Crippen LogP contribution in [-0.4, -0.2) is 58.5 Å². The molecular weight excluding hydrogens is 340 g/mol. The van der Waals surface area contributed by atoms with Crippen LogP contribution in [0.5, 0.6) is 0 Å². The van der Waals surface area contributed by atoms with E-state index in [1.54, 1.807) is 0 Å². The van der Waals surface area contributed by atoms with Crippen molar-refractivity contribution in [2.45, 2.75) is 58.3 Å². The second-order valence-corrected chi connectivity index (χ2v) is 8.50. The van der Waals surface area contributed by atoms with Gasteiger partial charge >= 0.3 is 0 Å². The molecule has 1 N–H and O–H groups in total. The molecule has 1 spiro atoms. The molecule has 0 radical (unpaired) electrons. The predicted octanol–water partition coefficient (Wildman–Crippen LogP) is 2.06. The lowest BCUT2D eigenvalue weighted by atomic mass is 9.73. The van der Waals surface area contributed by atoms with Crippen LogP contribution in [0.1, 0.15) is 37.6 Å². The minimum absolute atomic E-state index is 0.0470. The molecule has 0 saturated carbocycles. The number of ether oxygens (including phenoxy) is 1. The Morgan fingerprint density at radius 3 is 3.07 bits per heavy atom. The number of amides is 1. The fourth-order valence-corrected chi connectivity index (χ4v) is 5.38. The molecule has 0 unspecified atom stereocenters. The average molecular weight is 373 g/mol. The first-order valence-electron chi connectivity index (χ1n) is 10.3. The van der Waals surface area contributed by atoms with Gasteiger partial charge in [-0.25, -0.2) is 0 Å². The summed E-state index contributed by atoms with van der Waals surface area (Å²) >= 11 is 0. The minimum atomic E-state index is 0.0470. The zero-order valence-corrected chi connectivity index (χ0v) is 16.8. The predicted molar refractivity (Wildman–Crippen MR) is 104 cm³/mol. The zero-order chi connectivity index (χ0) is 19.0. The van der Waals surface area contributed by atoms with Gasteiger partial charge in [0.05, 0.1) is 17.4 Å². The third-order valence-electron chi connectivity index (χ3n) is 6.64. The third-order valence-corrected chi connectivity index (χ3v) is 6.64. The van der Waals surface area contributed by atoms with Gasteiger partial charge in [0, 0.05) is 56.7 Å². The van der Waals surface area contributed by atoms with E-state index in [1.165, 1.54) is 6.42 Å². The second kappa shape index (κ2) is 7.40. The molecule has 3 aliphatic rings. The first-order chi connectivity index (χ1) is 13.0. The van der Waals surface area contributed by atoms with E-state index in [4.69, 9.17) is 4.74 Å². The molecule has 4 rings (SSSR count). The quantitative estimate of drug-likeness (QED) is 0.745. The molecule has 1 aromatic rings. The molecule has 3 saturated heterocycles. The van der Waals surface area contributed by atoms with Crippen molar-refractivity contribution in [3.8, 4) is 0 Å². The molecule has 2 bridgehead atoms. The largest absolute Gasteiger partial charge is 0.370 e. The Morgan fingerprint density at radius 2 is 2.33 bits per heavy atom. The number of hydrogen-bond acceptors (Lipinski definition) is 4. The summed E-state index contributed by atoms with van der Waals surface area (Å²) in [5, 5.41) is 7.61. The Hall–Kier alpha value is -1.66. The number of aryl methyl sites for hydroxylation is 3. The molecule has 0 aliphatic carbocycles. The number of carbonyl (C=O) groups excluding carboxylic acids is 1. The first kappa shape index (κ1) is 18.7. The summed E-state index contributed by atoms with van der Waals surface area (Å²) in [5.41, 5.74) is 2.16. The van der Waals surface area contributed by atoms with E-state index in [2.05, 4.69) is 34.4 Å². The van der Waals surface area contributed by atoms with E-state index < -0.39 is 0 Å². The van der Waals surface area contributed by atoms with Crippen molar-refractivity contribution in [3.05, 3.63) is 29.6 Å². The number of allylic oxidation sites excluding steroid dienone is 1. The van der Waals surface area contributed by atoms with E-state index in [9.17, 15) is 4.79 Å². The van der Waals surface area contributed by atoms with Crippen molar-refractivity contribution in [1.82, 2.24) is 20.0 Å². The average Bonchev–Trinajstić information content (AvgIpc) is 3.35. The summed E-state index contributed by atoms with van der Waals surface area (Å²) in [4.78, 5) is 14.9. The van der Waals surface area contributed by atoms with Crippen molar-refractivity contribution in [3.63, 3.8) is 0 Å². The molecule has 1 aromatic heterocycles. The molecule has 3 aliphatic heterocycles. The van der Waals surface area contributed by atoms with Crippen LogP contribution in [0.15, 0.2) is 18.2 Å². The van der Waals surface area contributed by atoms with Gasteiger partial charge in [-0.2, -0.15) is 5.10 Å². The van der Waals surface area contributed by atoms with Gasteiger partial charge in [0.15, 0.2) is 0 Å². The number of rotatable bonds is 7. The number of nitrogens with zero attached hydrogens (tertiary/aromatic N) is 3. The number of likely N-dealkylation sites (tertiary alicyclic amines) is 1. The van der Waals surface area contributed by atoms with Crippen molar-refractivity contribution >= 4 is 5.91 Å². The van der Waals surface area contributed by atoms with Crippen LogP contribution in [0, 0.1) is 25.7 Å². The molecule has 6 heteroatoms. The highest BCUT2D eigenvalue weighted by molar-refractivity contribution is 5.75. The second-order valence-electron chi connectivity index (χ2n) is 8.50. The third kappa shape index (κ3) is 3.57. The zero-order valence-electron chi connectivity index (χ0n) is 16.8. The van der Waals surface area contributed by atoms with Crippen LogP contribution in [0.2, 0.25) is 0 Å². The van der Waals surface area contributed by atoms with Gasteiger partial charge in [-0.05, 0) is 39.7 Å². The molecule has 6 nitrogen and oxygen atoms in total. The van der Waals surface area contributed by atoms with Crippen LogP contribution < -0.4 is 5.32 Å². The molecule has 0 aromatic carbocycles. The maximum absolute atomic E-state index is 12.4. The Bertz CT molecular complexity index is 728. The standard InChI is InChI=1S/C21H32N4O2/c1-4-5-9-24-13-18-17(19-6-8-21(18,14-24)27-19)12-22-20(26)7-10-25-16(3)11-15(2)23-25/h4-5,11,17-19H,6-10,12-14H2,1-3H3,(H,22,26)/t17-,18+,19+,21+/m0/s1. The van der Waals surface area contributed by atoms with Crippen molar-refractivity contribution < 1.29 is 9.53 Å². The number of carbonyl (C=O) groups is 1. The normalized spacial score (nSPS) is 32.5. The van der Waals surface area contributed by atoms with E-state index >= 15 is 0 Å². The monoisotopic (exact) mass is 372 g/mol. The minimum Gasteiger partial charge on any atom is -0.370 e. The topological polar surface area (TPSA) is 59.4 Å². The number of hydrogen-bond donors (Lipinski definition) is 1. The van der Waals surface area contributed by atoms with E-state index in [0.29, 0.717) is 30.9 Å². The molecule has 4 heterocycles. The SMILES string of the molecule is CC=CCN1C[C@@H]2[C@H](CNC(=O)CCn3nc(C)cc3C)[C@H]3CC[C@]2(C1)O3. The van der Waals surface area contributed by atoms with Crippen LogP contribution in [-0.2, 0) is 16.1 Å². The fourth-order valence-electron chi connectivity index (χ4n) is 5.38. The van der Waals surface area contributed by atoms with Crippen LogP contribution in [0.3, 0.4) is 0 Å². The van der Waals surface area contributed by atoms with Crippen LogP contribution >= 0.6 is 0 Å². The lowest BCUT2D eigenvalue weighted by molar-refractivity contribution is -0.121. The highest BCUT2D eigenvalue weighted by Gasteiger charge is 2.62. The lowest BCUT2D eigenvalue weighted by Crippen LogP contribution is -2.42. The Labute approximate surface area is 161 Å². The maximum Gasteiger partial charge on any atom is 0.221 e.